The monoisotopic (exact) mass is 463 g/mol. The number of hydrogen-bond acceptors (Lipinski definition) is 5. The fraction of sp³-hybridized carbons (Fsp3) is 0.435. The van der Waals surface area contributed by atoms with Gasteiger partial charge < -0.3 is 15.0 Å². The van der Waals surface area contributed by atoms with E-state index < -0.39 is 10.0 Å². The molecule has 0 spiro atoms. The molecule has 1 N–H and O–H groups in total. The number of piperazine rings is 1. The van der Waals surface area contributed by atoms with Gasteiger partial charge in [0.2, 0.25) is 10.0 Å². The number of sulfonamides is 1. The van der Waals surface area contributed by atoms with Crippen LogP contribution in [-0.4, -0.2) is 63.2 Å². The van der Waals surface area contributed by atoms with Crippen molar-refractivity contribution in [2.45, 2.75) is 26.4 Å². The van der Waals surface area contributed by atoms with E-state index in [0.29, 0.717) is 43.9 Å². The van der Waals surface area contributed by atoms with Crippen LogP contribution >= 0.6 is 0 Å². The summed E-state index contributed by atoms with van der Waals surface area (Å²) in [6.45, 7) is 6.02. The number of carbonyl (C=O) groups excluding carboxylic acids is 1. The van der Waals surface area contributed by atoms with Crippen molar-refractivity contribution in [1.82, 2.24) is 9.62 Å². The molecule has 0 aromatic heterocycles. The van der Waals surface area contributed by atoms with Crippen molar-refractivity contribution in [2.24, 2.45) is 0 Å². The first-order chi connectivity index (χ1) is 15.2. The van der Waals surface area contributed by atoms with Crippen molar-refractivity contribution in [3.63, 3.8) is 0 Å². The molecule has 1 saturated heterocycles. The molecule has 2 aromatic rings. The summed E-state index contributed by atoms with van der Waals surface area (Å²) in [4.78, 5) is 14.3. The summed E-state index contributed by atoms with van der Waals surface area (Å²) in [7, 11) is -3.40. The van der Waals surface area contributed by atoms with Crippen LogP contribution in [0, 0.1) is 5.82 Å². The maximum atomic E-state index is 13.1. The van der Waals surface area contributed by atoms with Crippen LogP contribution in [0.1, 0.15) is 30.6 Å². The Morgan fingerprint density at radius 2 is 1.66 bits per heavy atom. The highest BCUT2D eigenvalue weighted by Crippen LogP contribution is 2.18. The standard InChI is InChI=1S/C23H30FN3O4S/c1-18(2)31-22-10-4-19(5-11-22)23(28)25-12-3-17-32(29,30)27-15-13-26(14-16-27)21-8-6-20(24)7-9-21/h4-11,18H,3,12-17H2,1-2H3,(H,25,28). The van der Waals surface area contributed by atoms with Crippen molar-refractivity contribution in [3.8, 4) is 5.75 Å². The fourth-order valence-electron chi connectivity index (χ4n) is 3.52. The highest BCUT2D eigenvalue weighted by molar-refractivity contribution is 7.89. The largest absolute Gasteiger partial charge is 0.491 e. The van der Waals surface area contributed by atoms with Gasteiger partial charge in [0.05, 0.1) is 11.9 Å². The molecule has 0 atom stereocenters. The lowest BCUT2D eigenvalue weighted by Gasteiger charge is -2.35. The van der Waals surface area contributed by atoms with Crippen molar-refractivity contribution in [1.29, 1.82) is 0 Å². The van der Waals surface area contributed by atoms with Crippen molar-refractivity contribution < 1.29 is 22.3 Å². The van der Waals surface area contributed by atoms with Crippen LogP contribution in [0.15, 0.2) is 48.5 Å². The molecule has 1 aliphatic heterocycles. The molecule has 7 nitrogen and oxygen atoms in total. The van der Waals surface area contributed by atoms with Gasteiger partial charge in [0.1, 0.15) is 11.6 Å². The van der Waals surface area contributed by atoms with Crippen LogP contribution in [-0.2, 0) is 10.0 Å². The van der Waals surface area contributed by atoms with Crippen LogP contribution in [0.2, 0.25) is 0 Å². The summed E-state index contributed by atoms with van der Waals surface area (Å²) < 4.78 is 45.4. The second-order valence-corrected chi connectivity index (χ2v) is 10.1. The molecule has 0 bridgehead atoms. The van der Waals surface area contributed by atoms with E-state index in [-0.39, 0.29) is 30.1 Å². The van der Waals surface area contributed by atoms with Gasteiger partial charge in [-0.25, -0.2) is 12.8 Å². The molecule has 1 aliphatic rings. The van der Waals surface area contributed by atoms with Crippen molar-refractivity contribution >= 4 is 21.6 Å². The Kier molecular flexibility index (Phi) is 8.09. The van der Waals surface area contributed by atoms with Gasteiger partial charge >= 0.3 is 0 Å². The van der Waals surface area contributed by atoms with Gasteiger partial charge in [-0.05, 0) is 68.8 Å². The lowest BCUT2D eigenvalue weighted by Crippen LogP contribution is -2.49. The molecule has 1 amide bonds. The second-order valence-electron chi connectivity index (χ2n) is 7.98. The van der Waals surface area contributed by atoms with Crippen LogP contribution in [0.5, 0.6) is 5.75 Å². The Morgan fingerprint density at radius 3 is 2.25 bits per heavy atom. The number of amides is 1. The molecular formula is C23H30FN3O4S. The molecule has 0 radical (unpaired) electrons. The summed E-state index contributed by atoms with van der Waals surface area (Å²) >= 11 is 0. The topological polar surface area (TPSA) is 78.9 Å². The van der Waals surface area contributed by atoms with E-state index in [1.165, 1.54) is 16.4 Å². The zero-order valence-corrected chi connectivity index (χ0v) is 19.3. The van der Waals surface area contributed by atoms with Gasteiger partial charge in [-0.3, -0.25) is 4.79 Å². The maximum Gasteiger partial charge on any atom is 0.251 e. The number of halogens is 1. The summed E-state index contributed by atoms with van der Waals surface area (Å²) in [6, 6.07) is 13.1. The molecular weight excluding hydrogens is 433 g/mol. The number of anilines is 1. The molecule has 9 heteroatoms. The molecule has 3 rings (SSSR count). The van der Waals surface area contributed by atoms with E-state index in [0.717, 1.165) is 5.69 Å². The number of benzene rings is 2. The Morgan fingerprint density at radius 1 is 1.03 bits per heavy atom. The summed E-state index contributed by atoms with van der Waals surface area (Å²) in [5.74, 6) is 0.137. The van der Waals surface area contributed by atoms with Gasteiger partial charge in [0.15, 0.2) is 0 Å². The first-order valence-corrected chi connectivity index (χ1v) is 12.4. The van der Waals surface area contributed by atoms with Gasteiger partial charge in [0.25, 0.3) is 5.91 Å². The van der Waals surface area contributed by atoms with E-state index in [9.17, 15) is 17.6 Å². The molecule has 2 aromatic carbocycles. The summed E-state index contributed by atoms with van der Waals surface area (Å²) in [6.07, 6.45) is 0.392. The van der Waals surface area contributed by atoms with Crippen molar-refractivity contribution in [3.05, 3.63) is 59.9 Å². The number of ether oxygens (including phenoxy) is 1. The number of hydrogen-bond donors (Lipinski definition) is 1. The Labute approximate surface area is 189 Å². The maximum absolute atomic E-state index is 13.1. The quantitative estimate of drug-likeness (QED) is 0.579. The zero-order valence-electron chi connectivity index (χ0n) is 18.5. The van der Waals surface area contributed by atoms with E-state index in [1.807, 2.05) is 18.7 Å². The summed E-state index contributed by atoms with van der Waals surface area (Å²) in [5.41, 5.74) is 1.39. The smallest absolute Gasteiger partial charge is 0.251 e. The molecule has 32 heavy (non-hydrogen) atoms. The highest BCUT2D eigenvalue weighted by Gasteiger charge is 2.26. The number of carbonyl (C=O) groups is 1. The minimum Gasteiger partial charge on any atom is -0.491 e. The van der Waals surface area contributed by atoms with Gasteiger partial charge in [0, 0.05) is 44.0 Å². The van der Waals surface area contributed by atoms with Gasteiger partial charge in [-0.15, -0.1) is 0 Å². The van der Waals surface area contributed by atoms with Crippen LogP contribution in [0.4, 0.5) is 10.1 Å². The van der Waals surface area contributed by atoms with Crippen LogP contribution in [0.25, 0.3) is 0 Å². The predicted octanol–water partition coefficient (Wildman–Crippen LogP) is 2.88. The highest BCUT2D eigenvalue weighted by atomic mass is 32.2. The fourth-order valence-corrected chi connectivity index (χ4v) is 5.01. The average Bonchev–Trinajstić information content (AvgIpc) is 2.77. The zero-order chi connectivity index (χ0) is 23.1. The normalized spacial score (nSPS) is 15.1. The number of nitrogens with one attached hydrogen (secondary N) is 1. The van der Waals surface area contributed by atoms with E-state index in [2.05, 4.69) is 5.32 Å². The molecule has 1 heterocycles. The minimum atomic E-state index is -3.40. The van der Waals surface area contributed by atoms with E-state index in [1.54, 1.807) is 36.4 Å². The van der Waals surface area contributed by atoms with Crippen molar-refractivity contribution in [2.75, 3.05) is 43.4 Å². The number of nitrogens with zero attached hydrogens (tertiary/aromatic N) is 2. The van der Waals surface area contributed by atoms with Gasteiger partial charge in [-0.2, -0.15) is 4.31 Å². The molecule has 174 valence electrons. The SMILES string of the molecule is CC(C)Oc1ccc(C(=O)NCCCS(=O)(=O)N2CCN(c3ccc(F)cc3)CC2)cc1. The third-order valence-electron chi connectivity index (χ3n) is 5.18. The predicted molar refractivity (Wildman–Crippen MR) is 123 cm³/mol. The van der Waals surface area contributed by atoms with Crippen LogP contribution < -0.4 is 15.0 Å². The molecule has 1 fully saturated rings. The third-order valence-corrected chi connectivity index (χ3v) is 7.13. The number of rotatable bonds is 9. The molecule has 0 aliphatic carbocycles. The Balaban J connectivity index is 1.40. The minimum absolute atomic E-state index is 0.0228. The lowest BCUT2D eigenvalue weighted by molar-refractivity contribution is 0.0953. The third kappa shape index (κ3) is 6.67. The van der Waals surface area contributed by atoms with E-state index in [4.69, 9.17) is 4.74 Å². The molecule has 0 unspecified atom stereocenters. The first-order valence-electron chi connectivity index (χ1n) is 10.8. The van der Waals surface area contributed by atoms with E-state index >= 15 is 0 Å². The molecule has 0 saturated carbocycles. The van der Waals surface area contributed by atoms with Gasteiger partial charge in [-0.1, -0.05) is 0 Å². The Hall–Kier alpha value is -2.65. The second kappa shape index (κ2) is 10.8. The Bertz CT molecular complexity index is 987. The van der Waals surface area contributed by atoms with Crippen LogP contribution in [0.3, 0.4) is 0 Å². The summed E-state index contributed by atoms with van der Waals surface area (Å²) in [5, 5.41) is 2.77. The first kappa shape index (κ1) is 24.0. The average molecular weight is 464 g/mol. The lowest BCUT2D eigenvalue weighted by atomic mass is 10.2.